The van der Waals surface area contributed by atoms with Crippen molar-refractivity contribution < 1.29 is 36.7 Å². The number of hydrogen-bond donors (Lipinski definition) is 2. The van der Waals surface area contributed by atoms with E-state index in [9.17, 15) is 27.6 Å². The highest BCUT2D eigenvalue weighted by atomic mass is 19.4. The van der Waals surface area contributed by atoms with Crippen molar-refractivity contribution >= 4 is 23.5 Å². The summed E-state index contributed by atoms with van der Waals surface area (Å²) in [5.74, 6) is -1.83. The maximum atomic E-state index is 12.4. The van der Waals surface area contributed by atoms with Gasteiger partial charge in [0.05, 0.1) is 18.2 Å². The van der Waals surface area contributed by atoms with E-state index in [0.717, 1.165) is 24.3 Å². The zero-order chi connectivity index (χ0) is 19.9. The van der Waals surface area contributed by atoms with Gasteiger partial charge in [0, 0.05) is 12.2 Å². The maximum Gasteiger partial charge on any atom is 0.416 e. The molecule has 1 heterocycles. The molecule has 2 N–H and O–H groups in total. The Labute approximate surface area is 151 Å². The van der Waals surface area contributed by atoms with Crippen LogP contribution in [0.25, 0.3) is 0 Å². The highest BCUT2D eigenvalue weighted by Crippen LogP contribution is 2.29. The van der Waals surface area contributed by atoms with Crippen molar-refractivity contribution in [2.45, 2.75) is 12.6 Å². The summed E-state index contributed by atoms with van der Waals surface area (Å²) in [5, 5.41) is 4.74. The van der Waals surface area contributed by atoms with Crippen molar-refractivity contribution in [3.8, 4) is 0 Å². The molecule has 0 saturated heterocycles. The molecule has 1 aromatic heterocycles. The number of amides is 2. The lowest BCUT2D eigenvalue weighted by atomic mass is 10.2. The Hall–Kier alpha value is -3.30. The normalized spacial score (nSPS) is 10.9. The van der Waals surface area contributed by atoms with Gasteiger partial charge >= 0.3 is 12.1 Å². The smallest absolute Gasteiger partial charge is 0.416 e. The van der Waals surface area contributed by atoms with Gasteiger partial charge in [-0.15, -0.1) is 0 Å². The monoisotopic (exact) mass is 384 g/mol. The number of nitrogens with one attached hydrogen (secondary N) is 2. The summed E-state index contributed by atoms with van der Waals surface area (Å²) in [6.07, 6.45) is -3.30. The van der Waals surface area contributed by atoms with Crippen LogP contribution in [0.2, 0.25) is 0 Å². The number of anilines is 1. The predicted molar refractivity (Wildman–Crippen MR) is 86.7 cm³/mol. The van der Waals surface area contributed by atoms with Crippen LogP contribution < -0.4 is 10.6 Å². The first-order valence-corrected chi connectivity index (χ1v) is 7.70. The van der Waals surface area contributed by atoms with E-state index in [1.165, 1.54) is 12.3 Å². The van der Waals surface area contributed by atoms with Crippen LogP contribution in [-0.4, -0.2) is 30.9 Å². The topological polar surface area (TPSA) is 97.6 Å². The first-order chi connectivity index (χ1) is 12.8. The molecular formula is C17H15F3N2O5. The highest BCUT2D eigenvalue weighted by Gasteiger charge is 2.30. The molecule has 7 nitrogen and oxygen atoms in total. The second kappa shape index (κ2) is 8.88. The fourth-order valence-corrected chi connectivity index (χ4v) is 1.93. The summed E-state index contributed by atoms with van der Waals surface area (Å²) in [7, 11) is 0. The Balaban J connectivity index is 1.67. The molecule has 2 rings (SSSR count). The number of furan rings is 1. The quantitative estimate of drug-likeness (QED) is 0.715. The predicted octanol–water partition coefficient (Wildman–Crippen LogP) is 2.60. The third-order valence-electron chi connectivity index (χ3n) is 3.22. The first-order valence-electron chi connectivity index (χ1n) is 7.70. The van der Waals surface area contributed by atoms with Crippen molar-refractivity contribution in [3.63, 3.8) is 0 Å². The number of halogens is 3. The minimum Gasteiger partial charge on any atom is -0.459 e. The second-order valence-corrected chi connectivity index (χ2v) is 5.27. The van der Waals surface area contributed by atoms with Crippen LogP contribution in [0.5, 0.6) is 0 Å². The van der Waals surface area contributed by atoms with Crippen molar-refractivity contribution in [2.75, 3.05) is 18.5 Å². The van der Waals surface area contributed by atoms with Crippen LogP contribution in [0.4, 0.5) is 18.9 Å². The van der Waals surface area contributed by atoms with Gasteiger partial charge in [-0.05, 0) is 36.4 Å². The molecule has 27 heavy (non-hydrogen) atoms. The van der Waals surface area contributed by atoms with Crippen molar-refractivity contribution in [3.05, 3.63) is 54.0 Å². The standard InChI is InChI=1S/C17H15F3N2O5/c18-17(19,20)11-3-5-12(6-4-11)22-14(23)10-27-15(24)7-8-21-16(25)13-2-1-9-26-13/h1-6,9H,7-8,10H2,(H,21,25)(H,22,23). The number of carbonyl (C=O) groups is 3. The van der Waals surface area contributed by atoms with Gasteiger partial charge in [0.1, 0.15) is 0 Å². The van der Waals surface area contributed by atoms with Gasteiger partial charge in [0.15, 0.2) is 12.4 Å². The Kier molecular flexibility index (Phi) is 6.58. The summed E-state index contributed by atoms with van der Waals surface area (Å²) < 4.78 is 46.9. The van der Waals surface area contributed by atoms with Gasteiger partial charge in [0.25, 0.3) is 11.8 Å². The lowest BCUT2D eigenvalue weighted by molar-refractivity contribution is -0.147. The van der Waals surface area contributed by atoms with Crippen LogP contribution >= 0.6 is 0 Å². The molecule has 0 fully saturated rings. The third kappa shape index (κ3) is 6.49. The lowest BCUT2D eigenvalue weighted by Gasteiger charge is -2.09. The number of esters is 1. The van der Waals surface area contributed by atoms with Crippen LogP contribution in [0.3, 0.4) is 0 Å². The summed E-state index contributed by atoms with van der Waals surface area (Å²) in [6, 6.07) is 6.82. The maximum absolute atomic E-state index is 12.4. The van der Waals surface area contributed by atoms with Gasteiger partial charge in [-0.3, -0.25) is 14.4 Å². The Morgan fingerprint density at radius 2 is 1.78 bits per heavy atom. The van der Waals surface area contributed by atoms with E-state index >= 15 is 0 Å². The van der Waals surface area contributed by atoms with Gasteiger partial charge in [-0.25, -0.2) is 0 Å². The highest BCUT2D eigenvalue weighted by molar-refractivity contribution is 5.93. The van der Waals surface area contributed by atoms with Gasteiger partial charge in [-0.1, -0.05) is 0 Å². The number of ether oxygens (including phenoxy) is 1. The SMILES string of the molecule is O=C(COC(=O)CCNC(=O)c1ccco1)Nc1ccc(C(F)(F)F)cc1. The molecule has 0 saturated carbocycles. The molecule has 0 aliphatic rings. The van der Waals surface area contributed by atoms with Crippen molar-refractivity contribution in [2.24, 2.45) is 0 Å². The number of benzene rings is 1. The van der Waals surface area contributed by atoms with Gasteiger partial charge < -0.3 is 19.8 Å². The molecule has 0 bridgehead atoms. The zero-order valence-electron chi connectivity index (χ0n) is 13.8. The minimum absolute atomic E-state index is 0.0150. The number of hydrogen-bond acceptors (Lipinski definition) is 5. The van der Waals surface area contributed by atoms with Crippen LogP contribution in [0.15, 0.2) is 47.1 Å². The minimum atomic E-state index is -4.47. The Bertz CT molecular complexity index is 786. The molecule has 144 valence electrons. The summed E-state index contributed by atoms with van der Waals surface area (Å²) in [5.41, 5.74) is -0.710. The second-order valence-electron chi connectivity index (χ2n) is 5.27. The number of rotatable bonds is 7. The molecule has 10 heteroatoms. The first kappa shape index (κ1) is 20.0. The van der Waals surface area contributed by atoms with E-state index in [2.05, 4.69) is 10.6 Å². The van der Waals surface area contributed by atoms with E-state index in [1.54, 1.807) is 6.07 Å². The molecule has 0 atom stereocenters. The average molecular weight is 384 g/mol. The molecular weight excluding hydrogens is 369 g/mol. The molecule has 0 spiro atoms. The Morgan fingerprint density at radius 1 is 1.07 bits per heavy atom. The molecule has 0 unspecified atom stereocenters. The van der Waals surface area contributed by atoms with E-state index in [-0.39, 0.29) is 24.4 Å². The van der Waals surface area contributed by atoms with E-state index in [0.29, 0.717) is 0 Å². The molecule has 2 aromatic rings. The van der Waals surface area contributed by atoms with Gasteiger partial charge in [-0.2, -0.15) is 13.2 Å². The summed E-state index contributed by atoms with van der Waals surface area (Å²) >= 11 is 0. The fourth-order valence-electron chi connectivity index (χ4n) is 1.93. The van der Waals surface area contributed by atoms with Gasteiger partial charge in [0.2, 0.25) is 0 Å². The molecule has 1 aromatic carbocycles. The molecule has 0 aliphatic heterocycles. The molecule has 2 amide bonds. The number of alkyl halides is 3. The lowest BCUT2D eigenvalue weighted by Crippen LogP contribution is -2.27. The molecule has 0 radical (unpaired) electrons. The fraction of sp³-hybridized carbons (Fsp3) is 0.235. The van der Waals surface area contributed by atoms with Crippen molar-refractivity contribution in [1.82, 2.24) is 5.32 Å². The van der Waals surface area contributed by atoms with E-state index < -0.39 is 36.1 Å². The van der Waals surface area contributed by atoms with Crippen LogP contribution in [0.1, 0.15) is 22.5 Å². The Morgan fingerprint density at radius 3 is 2.37 bits per heavy atom. The van der Waals surface area contributed by atoms with E-state index in [4.69, 9.17) is 9.15 Å². The number of carbonyl (C=O) groups excluding carboxylic acids is 3. The van der Waals surface area contributed by atoms with E-state index in [1.807, 2.05) is 0 Å². The summed E-state index contributed by atoms with van der Waals surface area (Å²) in [6.45, 7) is -0.620. The average Bonchev–Trinajstić information content (AvgIpc) is 3.14. The molecule has 0 aliphatic carbocycles. The van der Waals surface area contributed by atoms with Crippen molar-refractivity contribution in [1.29, 1.82) is 0 Å². The summed E-state index contributed by atoms with van der Waals surface area (Å²) in [4.78, 5) is 34.7. The largest absolute Gasteiger partial charge is 0.459 e. The van der Waals surface area contributed by atoms with Crippen LogP contribution in [-0.2, 0) is 20.5 Å². The van der Waals surface area contributed by atoms with Crippen LogP contribution in [0, 0.1) is 0 Å². The third-order valence-corrected chi connectivity index (χ3v) is 3.22. The zero-order valence-corrected chi connectivity index (χ0v) is 13.8.